The number of alkyl halides is 3. The van der Waals surface area contributed by atoms with E-state index >= 15 is 0 Å². The van der Waals surface area contributed by atoms with Gasteiger partial charge in [-0.2, -0.15) is 18.4 Å². The second-order valence-electron chi connectivity index (χ2n) is 6.87. The summed E-state index contributed by atoms with van der Waals surface area (Å²) in [6.45, 7) is 4.63. The first kappa shape index (κ1) is 21.5. The van der Waals surface area contributed by atoms with Crippen molar-refractivity contribution in [3.8, 4) is 23.2 Å². The summed E-state index contributed by atoms with van der Waals surface area (Å²) in [7, 11) is -3.30. The SMILES string of the molecule is CCS(=N)(=O)c1cc(OC(C)(C)C#N)cnc1-c1cn2cnc(C(F)(F)F)cc2n1. The van der Waals surface area contributed by atoms with Gasteiger partial charge in [-0.25, -0.2) is 23.9 Å². The first-order chi connectivity index (χ1) is 13.9. The zero-order valence-corrected chi connectivity index (χ0v) is 17.0. The van der Waals surface area contributed by atoms with Gasteiger partial charge in [-0.05, 0) is 13.8 Å². The monoisotopic (exact) mass is 438 g/mol. The lowest BCUT2D eigenvalue weighted by Crippen LogP contribution is -2.25. The maximum Gasteiger partial charge on any atom is 0.433 e. The highest BCUT2D eigenvalue weighted by atomic mass is 32.2. The van der Waals surface area contributed by atoms with Gasteiger partial charge in [-0.1, -0.05) is 6.92 Å². The molecule has 0 amide bonds. The van der Waals surface area contributed by atoms with Gasteiger partial charge in [0.2, 0.25) is 0 Å². The lowest BCUT2D eigenvalue weighted by Gasteiger charge is -2.19. The Kier molecular flexibility index (Phi) is 5.19. The summed E-state index contributed by atoms with van der Waals surface area (Å²) in [5.74, 6) is 0.110. The fraction of sp³-hybridized carbons (Fsp3) is 0.333. The Labute approximate surface area is 170 Å². The first-order valence-electron chi connectivity index (χ1n) is 8.65. The summed E-state index contributed by atoms with van der Waals surface area (Å²) in [4.78, 5) is 11.7. The summed E-state index contributed by atoms with van der Waals surface area (Å²) in [5.41, 5.74) is -2.10. The molecule has 0 aliphatic carbocycles. The number of nitrogens with zero attached hydrogens (tertiary/aromatic N) is 5. The molecule has 1 unspecified atom stereocenters. The number of imidazole rings is 1. The van der Waals surface area contributed by atoms with Crippen LogP contribution in [0.3, 0.4) is 0 Å². The molecule has 0 aliphatic rings. The molecule has 3 aromatic heterocycles. The van der Waals surface area contributed by atoms with Crippen molar-refractivity contribution < 1.29 is 22.1 Å². The molecule has 0 radical (unpaired) electrons. The zero-order valence-electron chi connectivity index (χ0n) is 16.2. The van der Waals surface area contributed by atoms with E-state index in [9.17, 15) is 17.4 Å². The van der Waals surface area contributed by atoms with Gasteiger partial charge in [0.05, 0.1) is 20.8 Å². The van der Waals surface area contributed by atoms with Crippen molar-refractivity contribution in [3.63, 3.8) is 0 Å². The molecule has 1 atom stereocenters. The maximum atomic E-state index is 12.9. The van der Waals surface area contributed by atoms with E-state index in [0.29, 0.717) is 0 Å². The molecule has 3 aromatic rings. The molecule has 8 nitrogen and oxygen atoms in total. The number of aromatic nitrogens is 4. The molecule has 0 bridgehead atoms. The topological polar surface area (TPSA) is 117 Å². The highest BCUT2D eigenvalue weighted by molar-refractivity contribution is 7.92. The van der Waals surface area contributed by atoms with E-state index in [0.717, 1.165) is 12.4 Å². The van der Waals surface area contributed by atoms with E-state index in [1.165, 1.54) is 36.7 Å². The van der Waals surface area contributed by atoms with Crippen molar-refractivity contribution >= 4 is 15.4 Å². The molecule has 158 valence electrons. The van der Waals surface area contributed by atoms with Crippen molar-refractivity contribution in [2.75, 3.05) is 5.75 Å². The van der Waals surface area contributed by atoms with Crippen molar-refractivity contribution in [2.45, 2.75) is 37.4 Å². The van der Waals surface area contributed by atoms with Crippen LogP contribution in [0.1, 0.15) is 26.5 Å². The van der Waals surface area contributed by atoms with Crippen LogP contribution in [-0.4, -0.2) is 34.9 Å². The summed E-state index contributed by atoms with van der Waals surface area (Å²) < 4.78 is 66.6. The molecule has 0 aromatic carbocycles. The van der Waals surface area contributed by atoms with Crippen LogP contribution in [0, 0.1) is 16.1 Å². The number of hydrogen-bond donors (Lipinski definition) is 1. The average Bonchev–Trinajstić information content (AvgIpc) is 3.10. The third-order valence-electron chi connectivity index (χ3n) is 4.11. The molecule has 12 heteroatoms. The van der Waals surface area contributed by atoms with Gasteiger partial charge in [0, 0.05) is 24.1 Å². The van der Waals surface area contributed by atoms with Crippen LogP contribution in [0.5, 0.6) is 5.75 Å². The van der Waals surface area contributed by atoms with Crippen LogP contribution in [-0.2, 0) is 15.9 Å². The minimum atomic E-state index is -4.62. The summed E-state index contributed by atoms with van der Waals surface area (Å²) in [6.07, 6.45) is -0.980. The fourth-order valence-corrected chi connectivity index (χ4v) is 3.65. The second-order valence-corrected chi connectivity index (χ2v) is 9.24. The normalized spacial score (nSPS) is 14.3. The molecule has 0 aliphatic heterocycles. The molecule has 0 spiro atoms. The summed E-state index contributed by atoms with van der Waals surface area (Å²) in [5, 5.41) is 9.14. The minimum absolute atomic E-state index is 0.0173. The maximum absolute atomic E-state index is 12.9. The highest BCUT2D eigenvalue weighted by Gasteiger charge is 2.33. The van der Waals surface area contributed by atoms with Gasteiger partial charge in [-0.15, -0.1) is 0 Å². The van der Waals surface area contributed by atoms with E-state index in [2.05, 4.69) is 15.0 Å². The van der Waals surface area contributed by atoms with E-state index in [4.69, 9.17) is 14.8 Å². The van der Waals surface area contributed by atoms with Crippen LogP contribution in [0.25, 0.3) is 17.0 Å². The Bertz CT molecular complexity index is 1260. The van der Waals surface area contributed by atoms with Crippen LogP contribution < -0.4 is 4.74 Å². The van der Waals surface area contributed by atoms with Crippen molar-refractivity contribution in [1.29, 1.82) is 10.0 Å². The van der Waals surface area contributed by atoms with Gasteiger partial charge in [0.1, 0.15) is 40.9 Å². The molecule has 0 saturated heterocycles. The number of ether oxygens (including phenoxy) is 1. The smallest absolute Gasteiger partial charge is 0.433 e. The third-order valence-corrected chi connectivity index (χ3v) is 5.95. The number of nitrogens with one attached hydrogen (secondary N) is 1. The Morgan fingerprint density at radius 1 is 1.30 bits per heavy atom. The number of nitriles is 1. The number of hydrogen-bond acceptors (Lipinski definition) is 7. The van der Waals surface area contributed by atoms with Crippen LogP contribution in [0.2, 0.25) is 0 Å². The largest absolute Gasteiger partial charge is 0.471 e. The summed E-state index contributed by atoms with van der Waals surface area (Å²) >= 11 is 0. The molecule has 0 fully saturated rings. The van der Waals surface area contributed by atoms with Crippen molar-refractivity contribution in [2.24, 2.45) is 0 Å². The van der Waals surface area contributed by atoms with Crippen molar-refractivity contribution in [1.82, 2.24) is 19.4 Å². The van der Waals surface area contributed by atoms with Gasteiger partial charge >= 0.3 is 6.18 Å². The minimum Gasteiger partial charge on any atom is -0.471 e. The Hall–Kier alpha value is -3.20. The zero-order chi connectivity index (χ0) is 22.3. The molecule has 1 N–H and O–H groups in total. The van der Waals surface area contributed by atoms with Crippen LogP contribution >= 0.6 is 0 Å². The lowest BCUT2D eigenvalue weighted by atomic mass is 10.2. The molecular weight excluding hydrogens is 421 g/mol. The van der Waals surface area contributed by atoms with Crippen LogP contribution in [0.4, 0.5) is 13.2 Å². The molecule has 30 heavy (non-hydrogen) atoms. The third kappa shape index (κ3) is 4.20. The number of pyridine rings is 1. The molecule has 3 heterocycles. The lowest BCUT2D eigenvalue weighted by molar-refractivity contribution is -0.141. The number of rotatable bonds is 5. The standard InChI is InChI=1S/C18H17F3N6O2S/c1-4-30(23,28)13-5-11(29-17(2,3)9-22)7-24-16(13)12-8-27-10-25-14(18(19,20)21)6-15(27)26-12/h5-8,10,23H,4H2,1-3H3. The van der Waals surface area contributed by atoms with Gasteiger partial charge in [-0.3, -0.25) is 4.40 Å². The Morgan fingerprint density at radius 3 is 2.60 bits per heavy atom. The predicted molar refractivity (Wildman–Crippen MR) is 101 cm³/mol. The molecule has 3 rings (SSSR count). The highest BCUT2D eigenvalue weighted by Crippen LogP contribution is 2.32. The first-order valence-corrected chi connectivity index (χ1v) is 10.4. The van der Waals surface area contributed by atoms with Crippen LogP contribution in [0.15, 0.2) is 35.7 Å². The molecule has 0 saturated carbocycles. The second kappa shape index (κ2) is 7.24. The van der Waals surface area contributed by atoms with E-state index in [1.807, 2.05) is 6.07 Å². The van der Waals surface area contributed by atoms with E-state index in [1.54, 1.807) is 6.92 Å². The summed E-state index contributed by atoms with van der Waals surface area (Å²) in [6, 6.07) is 4.10. The molecular formula is C18H17F3N6O2S. The van der Waals surface area contributed by atoms with Gasteiger partial charge in [0.15, 0.2) is 5.60 Å². The van der Waals surface area contributed by atoms with E-state index < -0.39 is 27.2 Å². The van der Waals surface area contributed by atoms with Crippen molar-refractivity contribution in [3.05, 3.63) is 36.5 Å². The van der Waals surface area contributed by atoms with Gasteiger partial charge in [0.25, 0.3) is 0 Å². The number of fused-ring (bicyclic) bond motifs is 1. The Balaban J connectivity index is 2.16. The fourth-order valence-electron chi connectivity index (χ4n) is 2.56. The average molecular weight is 438 g/mol. The quantitative estimate of drug-likeness (QED) is 0.645. The van der Waals surface area contributed by atoms with E-state index in [-0.39, 0.29) is 33.4 Å². The number of halogens is 3. The predicted octanol–water partition coefficient (Wildman–Crippen LogP) is 3.92. The van der Waals surface area contributed by atoms with Gasteiger partial charge < -0.3 is 4.74 Å². The Morgan fingerprint density at radius 2 is 2.00 bits per heavy atom.